The fraction of sp³-hybridized carbons (Fsp3) is 0.944. The van der Waals surface area contributed by atoms with E-state index in [1.165, 1.54) is 58.3 Å². The SMILES string of the molecule is CCCCCCC(O)CCCCCCCCCOC(C)=O. The lowest BCUT2D eigenvalue weighted by molar-refractivity contribution is -0.141. The van der Waals surface area contributed by atoms with Crippen molar-refractivity contribution in [1.82, 2.24) is 0 Å². The Labute approximate surface area is 131 Å². The Morgan fingerprint density at radius 2 is 1.33 bits per heavy atom. The largest absolute Gasteiger partial charge is 0.466 e. The third kappa shape index (κ3) is 17.4. The van der Waals surface area contributed by atoms with E-state index in [4.69, 9.17) is 4.74 Å². The second kappa shape index (κ2) is 15.8. The second-order valence-electron chi connectivity index (χ2n) is 6.11. The molecular formula is C18H36O3. The minimum absolute atomic E-state index is 0.0782. The van der Waals surface area contributed by atoms with Crippen molar-refractivity contribution in [1.29, 1.82) is 0 Å². The average Bonchev–Trinajstić information content (AvgIpc) is 2.45. The summed E-state index contributed by atoms with van der Waals surface area (Å²) in [6.07, 6.45) is 15.1. The van der Waals surface area contributed by atoms with E-state index in [-0.39, 0.29) is 12.1 Å². The molecule has 0 aromatic carbocycles. The zero-order valence-corrected chi connectivity index (χ0v) is 14.2. The molecule has 0 amide bonds. The van der Waals surface area contributed by atoms with Crippen LogP contribution < -0.4 is 0 Å². The highest BCUT2D eigenvalue weighted by molar-refractivity contribution is 5.65. The van der Waals surface area contributed by atoms with Gasteiger partial charge in [-0.25, -0.2) is 0 Å². The second-order valence-corrected chi connectivity index (χ2v) is 6.11. The van der Waals surface area contributed by atoms with Crippen LogP contribution in [0.3, 0.4) is 0 Å². The summed E-state index contributed by atoms with van der Waals surface area (Å²) < 4.78 is 4.89. The van der Waals surface area contributed by atoms with Crippen LogP contribution in [0.4, 0.5) is 0 Å². The van der Waals surface area contributed by atoms with Crippen molar-refractivity contribution in [2.24, 2.45) is 0 Å². The van der Waals surface area contributed by atoms with Crippen molar-refractivity contribution in [2.75, 3.05) is 6.61 Å². The van der Waals surface area contributed by atoms with E-state index in [2.05, 4.69) is 6.92 Å². The molecule has 0 aliphatic heterocycles. The van der Waals surface area contributed by atoms with E-state index < -0.39 is 0 Å². The van der Waals surface area contributed by atoms with Gasteiger partial charge in [0.1, 0.15) is 0 Å². The Balaban J connectivity index is 3.12. The third-order valence-corrected chi connectivity index (χ3v) is 3.88. The number of aliphatic hydroxyl groups is 1. The lowest BCUT2D eigenvalue weighted by Gasteiger charge is -2.10. The number of carbonyl (C=O) groups excluding carboxylic acids is 1. The fourth-order valence-electron chi connectivity index (χ4n) is 2.53. The molecule has 0 heterocycles. The topological polar surface area (TPSA) is 46.5 Å². The van der Waals surface area contributed by atoms with Crippen LogP contribution in [0.25, 0.3) is 0 Å². The molecule has 0 aromatic heterocycles. The molecule has 0 aromatic rings. The van der Waals surface area contributed by atoms with Crippen molar-refractivity contribution in [3.8, 4) is 0 Å². The Morgan fingerprint density at radius 1 is 0.857 bits per heavy atom. The predicted octanol–water partition coefficient (Wildman–Crippen LogP) is 5.00. The molecule has 0 saturated heterocycles. The van der Waals surface area contributed by atoms with Crippen molar-refractivity contribution in [3.05, 3.63) is 0 Å². The van der Waals surface area contributed by atoms with E-state index in [9.17, 15) is 9.90 Å². The smallest absolute Gasteiger partial charge is 0.302 e. The molecule has 0 fully saturated rings. The first-order valence-corrected chi connectivity index (χ1v) is 8.98. The van der Waals surface area contributed by atoms with Gasteiger partial charge in [-0.2, -0.15) is 0 Å². The van der Waals surface area contributed by atoms with Crippen LogP contribution in [-0.4, -0.2) is 23.8 Å². The highest BCUT2D eigenvalue weighted by Crippen LogP contribution is 2.13. The molecule has 0 saturated carbocycles. The number of hydrogen-bond acceptors (Lipinski definition) is 3. The van der Waals surface area contributed by atoms with Crippen molar-refractivity contribution >= 4 is 5.97 Å². The maximum atomic E-state index is 10.6. The molecule has 1 unspecified atom stereocenters. The third-order valence-electron chi connectivity index (χ3n) is 3.88. The van der Waals surface area contributed by atoms with Gasteiger partial charge in [-0.1, -0.05) is 71.1 Å². The maximum absolute atomic E-state index is 10.6. The lowest BCUT2D eigenvalue weighted by atomic mass is 10.0. The van der Waals surface area contributed by atoms with E-state index in [0.29, 0.717) is 6.61 Å². The first-order valence-electron chi connectivity index (χ1n) is 8.98. The normalized spacial score (nSPS) is 12.3. The fourth-order valence-corrected chi connectivity index (χ4v) is 2.53. The van der Waals surface area contributed by atoms with E-state index >= 15 is 0 Å². The summed E-state index contributed by atoms with van der Waals surface area (Å²) in [7, 11) is 0. The molecule has 0 spiro atoms. The molecule has 1 N–H and O–H groups in total. The van der Waals surface area contributed by atoms with Gasteiger partial charge >= 0.3 is 5.97 Å². The molecule has 0 rings (SSSR count). The van der Waals surface area contributed by atoms with E-state index in [1.54, 1.807) is 0 Å². The van der Waals surface area contributed by atoms with Crippen LogP contribution >= 0.6 is 0 Å². The van der Waals surface area contributed by atoms with Gasteiger partial charge in [0.05, 0.1) is 12.7 Å². The summed E-state index contributed by atoms with van der Waals surface area (Å²) in [6, 6.07) is 0. The van der Waals surface area contributed by atoms with Crippen molar-refractivity contribution in [3.63, 3.8) is 0 Å². The molecular weight excluding hydrogens is 264 g/mol. The number of carbonyl (C=O) groups is 1. The van der Waals surface area contributed by atoms with E-state index in [1.807, 2.05) is 0 Å². The first kappa shape index (κ1) is 20.4. The monoisotopic (exact) mass is 300 g/mol. The minimum Gasteiger partial charge on any atom is -0.466 e. The van der Waals surface area contributed by atoms with Crippen molar-refractivity contribution < 1.29 is 14.6 Å². The molecule has 0 aliphatic carbocycles. The Kier molecular flexibility index (Phi) is 15.4. The predicted molar refractivity (Wildman–Crippen MR) is 88.3 cm³/mol. The number of hydrogen-bond donors (Lipinski definition) is 1. The number of ether oxygens (including phenoxy) is 1. The number of rotatable bonds is 15. The molecule has 1 atom stereocenters. The van der Waals surface area contributed by atoms with Gasteiger partial charge in [-0.05, 0) is 19.3 Å². The molecule has 3 heteroatoms. The summed E-state index contributed by atoms with van der Waals surface area (Å²) in [4.78, 5) is 10.6. The lowest BCUT2D eigenvalue weighted by Crippen LogP contribution is -2.05. The first-order chi connectivity index (χ1) is 10.2. The van der Waals surface area contributed by atoms with Gasteiger partial charge in [0.15, 0.2) is 0 Å². The van der Waals surface area contributed by atoms with Gasteiger partial charge in [0.2, 0.25) is 0 Å². The van der Waals surface area contributed by atoms with Crippen LogP contribution in [-0.2, 0) is 9.53 Å². The number of esters is 1. The van der Waals surface area contributed by atoms with Crippen LogP contribution in [0, 0.1) is 0 Å². The van der Waals surface area contributed by atoms with Gasteiger partial charge in [-0.15, -0.1) is 0 Å². The molecule has 0 bridgehead atoms. The maximum Gasteiger partial charge on any atom is 0.302 e. The van der Waals surface area contributed by atoms with Gasteiger partial charge in [0, 0.05) is 6.92 Å². The minimum atomic E-state index is -0.178. The van der Waals surface area contributed by atoms with E-state index in [0.717, 1.165) is 32.1 Å². The molecule has 3 nitrogen and oxygen atoms in total. The summed E-state index contributed by atoms with van der Waals surface area (Å²) >= 11 is 0. The number of unbranched alkanes of at least 4 members (excludes halogenated alkanes) is 9. The Morgan fingerprint density at radius 3 is 1.86 bits per heavy atom. The molecule has 0 radical (unpaired) electrons. The average molecular weight is 300 g/mol. The highest BCUT2D eigenvalue weighted by atomic mass is 16.5. The number of aliphatic hydroxyl groups excluding tert-OH is 1. The van der Waals surface area contributed by atoms with Gasteiger partial charge < -0.3 is 9.84 Å². The Bertz CT molecular complexity index is 229. The highest BCUT2D eigenvalue weighted by Gasteiger charge is 2.03. The summed E-state index contributed by atoms with van der Waals surface area (Å²) in [5, 5.41) is 9.85. The van der Waals surface area contributed by atoms with Gasteiger partial charge in [-0.3, -0.25) is 4.79 Å². The summed E-state index contributed by atoms with van der Waals surface area (Å²) in [6.45, 7) is 4.24. The Hall–Kier alpha value is -0.570. The zero-order valence-electron chi connectivity index (χ0n) is 14.2. The van der Waals surface area contributed by atoms with Gasteiger partial charge in [0.25, 0.3) is 0 Å². The molecule has 21 heavy (non-hydrogen) atoms. The zero-order chi connectivity index (χ0) is 15.8. The molecule has 126 valence electrons. The van der Waals surface area contributed by atoms with Crippen LogP contribution in [0.1, 0.15) is 97.3 Å². The summed E-state index contributed by atoms with van der Waals surface area (Å²) in [5.41, 5.74) is 0. The summed E-state index contributed by atoms with van der Waals surface area (Å²) in [5.74, 6) is -0.178. The molecule has 0 aliphatic rings. The quantitative estimate of drug-likeness (QED) is 0.342. The van der Waals surface area contributed by atoms with Crippen LogP contribution in [0.5, 0.6) is 0 Å². The van der Waals surface area contributed by atoms with Crippen LogP contribution in [0.2, 0.25) is 0 Å². The standard InChI is InChI=1S/C18H36O3/c1-3-4-5-11-14-18(20)15-12-9-7-6-8-10-13-16-21-17(2)19/h18,20H,3-16H2,1-2H3. The van der Waals surface area contributed by atoms with Crippen LogP contribution in [0.15, 0.2) is 0 Å². The van der Waals surface area contributed by atoms with Crippen molar-refractivity contribution in [2.45, 2.75) is 103 Å².